The summed E-state index contributed by atoms with van der Waals surface area (Å²) < 4.78 is 5.34. The van der Waals surface area contributed by atoms with E-state index in [4.69, 9.17) is 16.3 Å². The fraction of sp³-hybridized carbons (Fsp3) is 0.560. The summed E-state index contributed by atoms with van der Waals surface area (Å²) in [7, 11) is 0. The Morgan fingerprint density at radius 2 is 2.09 bits per heavy atom. The molecule has 2 amide bonds. The fourth-order valence-electron chi connectivity index (χ4n) is 4.56. The average Bonchev–Trinajstić information content (AvgIpc) is 3.30. The van der Waals surface area contributed by atoms with E-state index in [2.05, 4.69) is 33.6 Å². The molecule has 0 radical (unpaired) electrons. The van der Waals surface area contributed by atoms with E-state index in [-0.39, 0.29) is 18.0 Å². The van der Waals surface area contributed by atoms with Gasteiger partial charge < -0.3 is 19.9 Å². The van der Waals surface area contributed by atoms with Crippen molar-refractivity contribution < 1.29 is 14.3 Å². The van der Waals surface area contributed by atoms with Gasteiger partial charge in [0.05, 0.1) is 24.4 Å². The van der Waals surface area contributed by atoms with Crippen LogP contribution >= 0.6 is 22.9 Å². The molecule has 0 aromatic carbocycles. The summed E-state index contributed by atoms with van der Waals surface area (Å²) in [5.41, 5.74) is 3.22. The summed E-state index contributed by atoms with van der Waals surface area (Å²) in [6.45, 7) is 11.1. The standard InChI is InChI=1S/C25H35ClN4O3S/c1-5-33-25(32)30(15-20-9-13-34-16-20)21-7-11-29(12-8-21)18(3)6-10-27-24(31)23-17(2)14-22(26)28-19(23)4/h9,13-14,16,18,21H,5-8,10-12,15H2,1-4H3,(H,27,31)/t18-/m1/s1. The number of hydrogen-bond acceptors (Lipinski definition) is 6. The topological polar surface area (TPSA) is 74.8 Å². The summed E-state index contributed by atoms with van der Waals surface area (Å²) in [4.78, 5) is 33.8. The summed E-state index contributed by atoms with van der Waals surface area (Å²) in [5, 5.41) is 7.56. The summed E-state index contributed by atoms with van der Waals surface area (Å²) in [5.74, 6) is -0.108. The summed E-state index contributed by atoms with van der Waals surface area (Å²) in [6.07, 6.45) is 2.44. The summed E-state index contributed by atoms with van der Waals surface area (Å²) >= 11 is 7.62. The number of carbonyl (C=O) groups excluding carboxylic acids is 2. The van der Waals surface area contributed by atoms with Gasteiger partial charge in [-0.2, -0.15) is 11.3 Å². The third-order valence-corrected chi connectivity index (χ3v) is 7.37. The van der Waals surface area contributed by atoms with Crippen molar-refractivity contribution in [3.8, 4) is 0 Å². The number of likely N-dealkylation sites (tertiary alicyclic amines) is 1. The molecule has 1 atom stereocenters. The van der Waals surface area contributed by atoms with Crippen molar-refractivity contribution in [2.45, 2.75) is 65.6 Å². The van der Waals surface area contributed by atoms with E-state index in [1.54, 1.807) is 24.3 Å². The molecule has 2 aromatic rings. The normalized spacial score (nSPS) is 15.7. The van der Waals surface area contributed by atoms with Crippen LogP contribution in [-0.2, 0) is 11.3 Å². The monoisotopic (exact) mass is 506 g/mol. The maximum absolute atomic E-state index is 12.7. The van der Waals surface area contributed by atoms with Gasteiger partial charge in [0.2, 0.25) is 0 Å². The van der Waals surface area contributed by atoms with Crippen LogP contribution in [0.3, 0.4) is 0 Å². The van der Waals surface area contributed by atoms with E-state index in [1.807, 2.05) is 24.1 Å². The van der Waals surface area contributed by atoms with Crippen molar-refractivity contribution in [2.75, 3.05) is 26.2 Å². The minimum atomic E-state index is -0.231. The molecule has 9 heteroatoms. The van der Waals surface area contributed by atoms with Gasteiger partial charge in [-0.1, -0.05) is 11.6 Å². The molecule has 1 fully saturated rings. The average molecular weight is 507 g/mol. The highest BCUT2D eigenvalue weighted by Gasteiger charge is 2.30. The molecule has 0 unspecified atom stereocenters. The van der Waals surface area contributed by atoms with E-state index >= 15 is 0 Å². The molecule has 3 rings (SSSR count). The van der Waals surface area contributed by atoms with Gasteiger partial charge in [-0.15, -0.1) is 0 Å². The molecule has 0 bridgehead atoms. The maximum Gasteiger partial charge on any atom is 0.410 e. The molecule has 0 spiro atoms. The maximum atomic E-state index is 12.7. The highest BCUT2D eigenvalue weighted by molar-refractivity contribution is 7.07. The number of halogens is 1. The van der Waals surface area contributed by atoms with Crippen LogP contribution in [0.2, 0.25) is 5.15 Å². The number of piperidine rings is 1. The Hall–Kier alpha value is -2.16. The number of amides is 2. The lowest BCUT2D eigenvalue weighted by Gasteiger charge is -2.40. The zero-order chi connectivity index (χ0) is 24.7. The minimum Gasteiger partial charge on any atom is -0.450 e. The minimum absolute atomic E-state index is 0.108. The number of thiophene rings is 1. The number of aryl methyl sites for hydroxylation is 2. The number of hydrogen-bond donors (Lipinski definition) is 1. The van der Waals surface area contributed by atoms with Crippen molar-refractivity contribution in [1.82, 2.24) is 20.1 Å². The first kappa shape index (κ1) is 26.4. The van der Waals surface area contributed by atoms with Gasteiger partial charge in [-0.05, 0) is 81.0 Å². The number of nitrogens with one attached hydrogen (secondary N) is 1. The molecule has 2 aromatic heterocycles. The Kier molecular flexibility index (Phi) is 9.74. The zero-order valence-electron chi connectivity index (χ0n) is 20.5. The number of carbonyl (C=O) groups is 2. The molecule has 0 saturated carbocycles. The third-order valence-electron chi connectivity index (χ3n) is 6.44. The van der Waals surface area contributed by atoms with Gasteiger partial charge in [0.25, 0.3) is 5.91 Å². The molecular formula is C25H35ClN4O3S. The third kappa shape index (κ3) is 6.93. The molecule has 1 aliphatic heterocycles. The van der Waals surface area contributed by atoms with Crippen LogP contribution in [0.1, 0.15) is 60.3 Å². The van der Waals surface area contributed by atoms with E-state index in [1.165, 1.54) is 0 Å². The second-order valence-electron chi connectivity index (χ2n) is 8.84. The molecule has 1 saturated heterocycles. The first-order valence-electron chi connectivity index (χ1n) is 11.9. The lowest BCUT2D eigenvalue weighted by molar-refractivity contribution is 0.0561. The van der Waals surface area contributed by atoms with E-state index in [9.17, 15) is 9.59 Å². The number of aromatic nitrogens is 1. The largest absolute Gasteiger partial charge is 0.450 e. The first-order chi connectivity index (χ1) is 16.3. The van der Waals surface area contributed by atoms with Crippen LogP contribution in [-0.4, -0.2) is 65.1 Å². The SMILES string of the molecule is CCOC(=O)N(Cc1ccsc1)C1CCN([C@H](C)CCNC(=O)c2c(C)cc(Cl)nc2C)CC1. The Balaban J connectivity index is 1.48. The Labute approximate surface area is 211 Å². The molecule has 1 aliphatic rings. The van der Waals surface area contributed by atoms with Gasteiger partial charge in [0, 0.05) is 31.7 Å². The van der Waals surface area contributed by atoms with Crippen LogP contribution in [0.15, 0.2) is 22.9 Å². The van der Waals surface area contributed by atoms with Gasteiger partial charge in [-0.3, -0.25) is 4.79 Å². The number of nitrogens with zero attached hydrogens (tertiary/aromatic N) is 3. The quantitative estimate of drug-likeness (QED) is 0.482. The van der Waals surface area contributed by atoms with Gasteiger partial charge in [0.15, 0.2) is 0 Å². The van der Waals surface area contributed by atoms with Crippen molar-refractivity contribution >= 4 is 34.9 Å². The zero-order valence-corrected chi connectivity index (χ0v) is 22.0. The van der Waals surface area contributed by atoms with Crippen molar-refractivity contribution in [3.63, 3.8) is 0 Å². The Morgan fingerprint density at radius 1 is 1.35 bits per heavy atom. The molecule has 0 aliphatic carbocycles. The lowest BCUT2D eigenvalue weighted by Crippen LogP contribution is -2.49. The molecule has 34 heavy (non-hydrogen) atoms. The molecular weight excluding hydrogens is 472 g/mol. The molecule has 7 nitrogen and oxygen atoms in total. The van der Waals surface area contributed by atoms with E-state index in [0.29, 0.717) is 42.1 Å². The van der Waals surface area contributed by atoms with Crippen LogP contribution in [0, 0.1) is 13.8 Å². The van der Waals surface area contributed by atoms with Crippen LogP contribution < -0.4 is 5.32 Å². The first-order valence-corrected chi connectivity index (χ1v) is 13.2. The van der Waals surface area contributed by atoms with E-state index in [0.717, 1.165) is 43.5 Å². The highest BCUT2D eigenvalue weighted by Crippen LogP contribution is 2.23. The van der Waals surface area contributed by atoms with Crippen LogP contribution in [0.4, 0.5) is 4.79 Å². The lowest BCUT2D eigenvalue weighted by atomic mass is 10.0. The van der Waals surface area contributed by atoms with Crippen LogP contribution in [0.25, 0.3) is 0 Å². The molecule has 186 valence electrons. The molecule has 3 heterocycles. The summed E-state index contributed by atoms with van der Waals surface area (Å²) in [6, 6.07) is 4.28. The number of pyridine rings is 1. The number of rotatable bonds is 9. The Bertz CT molecular complexity index is 938. The second-order valence-corrected chi connectivity index (χ2v) is 10.0. The van der Waals surface area contributed by atoms with Gasteiger partial charge in [-0.25, -0.2) is 9.78 Å². The van der Waals surface area contributed by atoms with Crippen molar-refractivity contribution in [2.24, 2.45) is 0 Å². The number of ether oxygens (including phenoxy) is 1. The predicted octanol–water partition coefficient (Wildman–Crippen LogP) is 5.04. The predicted molar refractivity (Wildman–Crippen MR) is 137 cm³/mol. The Morgan fingerprint density at radius 3 is 2.71 bits per heavy atom. The van der Waals surface area contributed by atoms with Gasteiger partial charge >= 0.3 is 6.09 Å². The van der Waals surface area contributed by atoms with Crippen molar-refractivity contribution in [1.29, 1.82) is 0 Å². The van der Waals surface area contributed by atoms with E-state index < -0.39 is 0 Å². The smallest absolute Gasteiger partial charge is 0.410 e. The van der Waals surface area contributed by atoms with Crippen molar-refractivity contribution in [3.05, 3.63) is 50.4 Å². The van der Waals surface area contributed by atoms with Gasteiger partial charge in [0.1, 0.15) is 5.15 Å². The second kappa shape index (κ2) is 12.5. The van der Waals surface area contributed by atoms with Crippen LogP contribution in [0.5, 0.6) is 0 Å². The molecule has 1 N–H and O–H groups in total. The fourth-order valence-corrected chi connectivity index (χ4v) is 5.51. The highest BCUT2D eigenvalue weighted by atomic mass is 35.5.